The zero-order valence-corrected chi connectivity index (χ0v) is 12.7. The van der Waals surface area contributed by atoms with Gasteiger partial charge < -0.3 is 5.32 Å². The number of amides is 1. The first kappa shape index (κ1) is 14.1. The third kappa shape index (κ3) is 2.81. The van der Waals surface area contributed by atoms with Gasteiger partial charge in [0.25, 0.3) is 0 Å². The van der Waals surface area contributed by atoms with Gasteiger partial charge in [0, 0.05) is 5.69 Å². The Kier molecular flexibility index (Phi) is 3.97. The van der Waals surface area contributed by atoms with Gasteiger partial charge in [-0.3, -0.25) is 4.79 Å². The number of benzene rings is 1. The second-order valence-electron chi connectivity index (χ2n) is 5.31. The van der Waals surface area contributed by atoms with Crippen LogP contribution in [0.25, 0.3) is 5.69 Å². The maximum atomic E-state index is 11.6. The summed E-state index contributed by atoms with van der Waals surface area (Å²) in [6, 6.07) is 10.1. The van der Waals surface area contributed by atoms with Crippen molar-refractivity contribution in [3.8, 4) is 5.69 Å². The van der Waals surface area contributed by atoms with Crippen molar-refractivity contribution in [2.75, 3.05) is 0 Å². The fourth-order valence-corrected chi connectivity index (χ4v) is 2.83. The normalized spacial score (nSPS) is 14.8. The van der Waals surface area contributed by atoms with Crippen molar-refractivity contribution in [3.05, 3.63) is 47.3 Å². The van der Waals surface area contributed by atoms with Crippen LogP contribution in [0.2, 0.25) is 0 Å². The van der Waals surface area contributed by atoms with E-state index in [0.29, 0.717) is 6.54 Å². The molecule has 5 heteroatoms. The molecule has 2 aromatic rings. The molecule has 3 rings (SSSR count). The first-order chi connectivity index (χ1) is 10.2. The maximum Gasteiger partial charge on any atom is 0.238 e. The van der Waals surface area contributed by atoms with Crippen LogP contribution in [0.15, 0.2) is 30.3 Å². The highest BCUT2D eigenvalue weighted by Gasteiger charge is 2.23. The van der Waals surface area contributed by atoms with Gasteiger partial charge in [0.15, 0.2) is 0 Å². The molecule has 4 nitrogen and oxygen atoms in total. The van der Waals surface area contributed by atoms with E-state index in [2.05, 4.69) is 17.4 Å². The zero-order valence-electron chi connectivity index (χ0n) is 12.0. The van der Waals surface area contributed by atoms with Crippen molar-refractivity contribution >= 4 is 17.5 Å². The van der Waals surface area contributed by atoms with Crippen LogP contribution < -0.4 is 5.32 Å². The number of carbonyl (C=O) groups is 1. The van der Waals surface area contributed by atoms with Gasteiger partial charge in [0.05, 0.1) is 17.9 Å². The lowest BCUT2D eigenvalue weighted by Gasteiger charge is -2.06. The maximum absolute atomic E-state index is 11.6. The Morgan fingerprint density at radius 1 is 1.38 bits per heavy atom. The van der Waals surface area contributed by atoms with Gasteiger partial charge in [-0.25, -0.2) is 4.68 Å². The molecule has 0 saturated heterocycles. The van der Waals surface area contributed by atoms with Crippen LogP contribution in [0.4, 0.5) is 0 Å². The zero-order chi connectivity index (χ0) is 14.8. The molecule has 1 aromatic carbocycles. The summed E-state index contributed by atoms with van der Waals surface area (Å²) in [7, 11) is 0. The molecule has 0 radical (unpaired) electrons. The average Bonchev–Trinajstić information content (AvgIpc) is 3.08. The Bertz CT molecular complexity index is 649. The second kappa shape index (κ2) is 5.90. The lowest BCUT2D eigenvalue weighted by Crippen LogP contribution is -2.29. The Morgan fingerprint density at radius 3 is 2.86 bits per heavy atom. The summed E-state index contributed by atoms with van der Waals surface area (Å²) in [5, 5.41) is 7.02. The highest BCUT2D eigenvalue weighted by atomic mass is 35.5. The number of carbonyl (C=O) groups excluding carboxylic acids is 1. The Morgan fingerprint density at radius 2 is 2.14 bits per heavy atom. The minimum Gasteiger partial charge on any atom is -0.349 e. The molecule has 1 aliphatic carbocycles. The largest absolute Gasteiger partial charge is 0.349 e. The quantitative estimate of drug-likeness (QED) is 0.883. The monoisotopic (exact) mass is 303 g/mol. The predicted molar refractivity (Wildman–Crippen MR) is 82.8 cm³/mol. The minimum absolute atomic E-state index is 0.155. The van der Waals surface area contributed by atoms with Crippen molar-refractivity contribution in [3.63, 3.8) is 0 Å². The number of para-hydroxylation sites is 1. The average molecular weight is 304 g/mol. The summed E-state index contributed by atoms with van der Waals surface area (Å²) in [4.78, 5) is 11.6. The van der Waals surface area contributed by atoms with E-state index in [1.807, 2.05) is 22.9 Å². The predicted octanol–water partition coefficient (Wildman–Crippen LogP) is 2.60. The van der Waals surface area contributed by atoms with Crippen LogP contribution in [0.5, 0.6) is 0 Å². The molecule has 1 atom stereocenters. The number of fused-ring (bicyclic) bond motifs is 1. The van der Waals surface area contributed by atoms with Crippen molar-refractivity contribution in [2.45, 2.75) is 38.1 Å². The Labute approximate surface area is 129 Å². The molecular formula is C16H18ClN3O. The molecule has 0 saturated carbocycles. The summed E-state index contributed by atoms with van der Waals surface area (Å²) < 4.78 is 2.01. The molecule has 1 aromatic heterocycles. The van der Waals surface area contributed by atoms with Crippen molar-refractivity contribution < 1.29 is 4.79 Å². The van der Waals surface area contributed by atoms with Crippen molar-refractivity contribution in [2.24, 2.45) is 0 Å². The van der Waals surface area contributed by atoms with Crippen LogP contribution in [0.1, 0.15) is 30.3 Å². The number of hydrogen-bond donors (Lipinski definition) is 1. The minimum atomic E-state index is -0.519. The lowest BCUT2D eigenvalue weighted by atomic mass is 10.2. The van der Waals surface area contributed by atoms with Gasteiger partial charge in [0.2, 0.25) is 5.91 Å². The van der Waals surface area contributed by atoms with Gasteiger partial charge in [-0.15, -0.1) is 11.6 Å². The van der Waals surface area contributed by atoms with E-state index in [9.17, 15) is 4.79 Å². The highest BCUT2D eigenvalue weighted by Crippen LogP contribution is 2.27. The molecule has 1 unspecified atom stereocenters. The molecule has 1 N–H and O–H groups in total. The number of aromatic nitrogens is 2. The number of alkyl halides is 1. The third-order valence-electron chi connectivity index (χ3n) is 3.81. The van der Waals surface area contributed by atoms with Gasteiger partial charge >= 0.3 is 0 Å². The molecule has 0 fully saturated rings. The first-order valence-corrected chi connectivity index (χ1v) is 7.67. The Hall–Kier alpha value is -1.81. The van der Waals surface area contributed by atoms with E-state index in [1.54, 1.807) is 6.92 Å². The van der Waals surface area contributed by atoms with Crippen LogP contribution in [0.3, 0.4) is 0 Å². The van der Waals surface area contributed by atoms with E-state index >= 15 is 0 Å². The van der Waals surface area contributed by atoms with Crippen LogP contribution in [0, 0.1) is 0 Å². The summed E-state index contributed by atoms with van der Waals surface area (Å²) in [6.07, 6.45) is 3.22. The molecular weight excluding hydrogens is 286 g/mol. The number of halogens is 1. The third-order valence-corrected chi connectivity index (χ3v) is 4.00. The molecule has 0 aliphatic heterocycles. The van der Waals surface area contributed by atoms with E-state index in [1.165, 1.54) is 11.3 Å². The van der Waals surface area contributed by atoms with Crippen molar-refractivity contribution in [1.29, 1.82) is 0 Å². The molecule has 21 heavy (non-hydrogen) atoms. The molecule has 0 bridgehead atoms. The van der Waals surface area contributed by atoms with Crippen LogP contribution in [-0.4, -0.2) is 21.1 Å². The molecule has 110 valence electrons. The number of nitrogens with zero attached hydrogens (tertiary/aromatic N) is 2. The smallest absolute Gasteiger partial charge is 0.238 e. The van der Waals surface area contributed by atoms with Crippen molar-refractivity contribution in [1.82, 2.24) is 15.1 Å². The molecule has 0 spiro atoms. The topological polar surface area (TPSA) is 46.9 Å². The van der Waals surface area contributed by atoms with E-state index in [4.69, 9.17) is 16.7 Å². The molecule has 1 heterocycles. The van der Waals surface area contributed by atoms with Crippen LogP contribution in [-0.2, 0) is 24.2 Å². The van der Waals surface area contributed by atoms with Gasteiger partial charge in [-0.05, 0) is 43.9 Å². The lowest BCUT2D eigenvalue weighted by molar-refractivity contribution is -0.120. The highest BCUT2D eigenvalue weighted by molar-refractivity contribution is 6.30. The van der Waals surface area contributed by atoms with Gasteiger partial charge in [-0.2, -0.15) is 5.10 Å². The summed E-state index contributed by atoms with van der Waals surface area (Å²) in [5.74, 6) is -0.155. The second-order valence-corrected chi connectivity index (χ2v) is 5.96. The fourth-order valence-electron chi connectivity index (χ4n) is 2.75. The van der Waals surface area contributed by atoms with Gasteiger partial charge in [0.1, 0.15) is 5.38 Å². The van der Waals surface area contributed by atoms with E-state index < -0.39 is 5.38 Å². The Balaban J connectivity index is 1.88. The summed E-state index contributed by atoms with van der Waals surface area (Å²) >= 11 is 5.78. The standard InChI is InChI=1S/C16H18ClN3O/c1-11(17)16(21)18-10-14-13-8-5-9-15(13)20(19-14)12-6-3-2-4-7-12/h2-4,6-7,11H,5,8-10H2,1H3,(H,18,21). The van der Waals surface area contributed by atoms with Crippen LogP contribution >= 0.6 is 11.6 Å². The number of nitrogens with one attached hydrogen (secondary N) is 1. The van der Waals surface area contributed by atoms with E-state index in [0.717, 1.165) is 30.6 Å². The summed E-state index contributed by atoms with van der Waals surface area (Å²) in [6.45, 7) is 2.11. The number of rotatable bonds is 4. The number of hydrogen-bond acceptors (Lipinski definition) is 2. The SMILES string of the molecule is CC(Cl)C(=O)NCc1nn(-c2ccccc2)c2c1CCC2. The summed E-state index contributed by atoms with van der Waals surface area (Å²) in [5.41, 5.74) is 4.57. The van der Waals surface area contributed by atoms with Gasteiger partial charge in [-0.1, -0.05) is 18.2 Å². The fraction of sp³-hybridized carbons (Fsp3) is 0.375. The van der Waals surface area contributed by atoms with E-state index in [-0.39, 0.29) is 5.91 Å². The first-order valence-electron chi connectivity index (χ1n) is 7.23. The molecule has 1 aliphatic rings. The molecule has 1 amide bonds.